The Morgan fingerprint density at radius 1 is 1.20 bits per heavy atom. The summed E-state index contributed by atoms with van der Waals surface area (Å²) in [6, 6.07) is 13.6. The summed E-state index contributed by atoms with van der Waals surface area (Å²) in [6.45, 7) is 1.28. The maximum absolute atomic E-state index is 12.3. The molecule has 2 aromatic carbocycles. The second-order valence-electron chi connectivity index (χ2n) is 6.21. The number of carbonyl (C=O) groups excluding carboxylic acids is 1. The molecule has 3 rings (SSSR count). The van der Waals surface area contributed by atoms with Crippen molar-refractivity contribution in [3.8, 4) is 0 Å². The predicted molar refractivity (Wildman–Crippen MR) is 93.5 cm³/mol. The number of carboxylic acids is 1. The molecule has 0 aliphatic heterocycles. The van der Waals surface area contributed by atoms with Crippen LogP contribution in [0.15, 0.2) is 46.9 Å². The average Bonchev–Trinajstić information content (AvgIpc) is 2.97. The molecule has 3 aromatic rings. The van der Waals surface area contributed by atoms with Gasteiger partial charge < -0.3 is 19.6 Å². The molecule has 1 unspecified atom stereocenters. The van der Waals surface area contributed by atoms with Gasteiger partial charge in [-0.15, -0.1) is 0 Å². The van der Waals surface area contributed by atoms with Crippen LogP contribution in [0.2, 0.25) is 0 Å². The van der Waals surface area contributed by atoms with Gasteiger partial charge in [-0.2, -0.15) is 0 Å². The molecule has 1 amide bonds. The lowest BCUT2D eigenvalue weighted by atomic mass is 10.0. The first-order valence-electron chi connectivity index (χ1n) is 7.86. The molecule has 2 N–H and O–H groups in total. The van der Waals surface area contributed by atoms with Crippen LogP contribution in [0.1, 0.15) is 12.7 Å². The van der Waals surface area contributed by atoms with Crippen molar-refractivity contribution < 1.29 is 23.8 Å². The minimum absolute atomic E-state index is 0.0460. The second-order valence-corrected chi connectivity index (χ2v) is 6.21. The number of amides is 1. The molecule has 1 heterocycles. The zero-order chi connectivity index (χ0) is 18.0. The molecule has 1 aromatic heterocycles. The van der Waals surface area contributed by atoms with Gasteiger partial charge in [0.2, 0.25) is 5.91 Å². The number of fused-ring (bicyclic) bond motifs is 3. The fourth-order valence-corrected chi connectivity index (χ4v) is 2.88. The van der Waals surface area contributed by atoms with Gasteiger partial charge in [-0.3, -0.25) is 4.79 Å². The van der Waals surface area contributed by atoms with Crippen molar-refractivity contribution in [2.45, 2.75) is 18.9 Å². The maximum Gasteiger partial charge on any atom is 0.331 e. The summed E-state index contributed by atoms with van der Waals surface area (Å²) < 4.78 is 10.6. The predicted octanol–water partition coefficient (Wildman–Crippen LogP) is 2.73. The Morgan fingerprint density at radius 3 is 2.68 bits per heavy atom. The molecule has 0 spiro atoms. The van der Waals surface area contributed by atoms with Gasteiger partial charge in [-0.05, 0) is 29.8 Å². The Bertz CT molecular complexity index is 945. The molecule has 0 saturated heterocycles. The Hall–Kier alpha value is -2.86. The minimum Gasteiger partial charge on any atom is -0.479 e. The van der Waals surface area contributed by atoms with Gasteiger partial charge >= 0.3 is 5.97 Å². The number of nitrogens with one attached hydrogen (secondary N) is 1. The topological polar surface area (TPSA) is 88.8 Å². The van der Waals surface area contributed by atoms with E-state index in [0.717, 1.165) is 16.2 Å². The summed E-state index contributed by atoms with van der Waals surface area (Å²) in [7, 11) is 1.39. The Balaban J connectivity index is 1.84. The largest absolute Gasteiger partial charge is 0.479 e. The zero-order valence-electron chi connectivity index (χ0n) is 14.0. The van der Waals surface area contributed by atoms with E-state index in [2.05, 4.69) is 5.32 Å². The van der Waals surface area contributed by atoms with Crippen LogP contribution in [0.4, 0.5) is 0 Å². The Kier molecular flexibility index (Phi) is 4.46. The first-order valence-corrected chi connectivity index (χ1v) is 7.86. The van der Waals surface area contributed by atoms with Gasteiger partial charge in [0.15, 0.2) is 5.54 Å². The van der Waals surface area contributed by atoms with Crippen molar-refractivity contribution in [2.24, 2.45) is 0 Å². The monoisotopic (exact) mass is 341 g/mol. The lowest BCUT2D eigenvalue weighted by Gasteiger charge is -2.25. The van der Waals surface area contributed by atoms with Gasteiger partial charge in [0.1, 0.15) is 11.3 Å². The molecule has 130 valence electrons. The molecule has 1 atom stereocenters. The number of furan rings is 1. The van der Waals surface area contributed by atoms with Crippen LogP contribution in [-0.4, -0.2) is 36.2 Å². The SMILES string of the molecule is COCC(C)(NC(=O)Cc1cc2c(ccc3ccccc32)o1)C(=O)O. The lowest BCUT2D eigenvalue weighted by Crippen LogP contribution is -2.55. The van der Waals surface area contributed by atoms with Crippen LogP contribution in [0, 0.1) is 0 Å². The van der Waals surface area contributed by atoms with Crippen LogP contribution >= 0.6 is 0 Å². The quantitative estimate of drug-likeness (QED) is 0.720. The molecule has 0 aliphatic rings. The third-order valence-corrected chi connectivity index (χ3v) is 4.13. The molecule has 6 nitrogen and oxygen atoms in total. The number of hydrogen-bond acceptors (Lipinski definition) is 4. The number of carbonyl (C=O) groups is 2. The molecule has 0 aliphatic carbocycles. The number of aliphatic carboxylic acids is 1. The molecule has 0 saturated carbocycles. The van der Waals surface area contributed by atoms with Gasteiger partial charge in [0, 0.05) is 12.5 Å². The maximum atomic E-state index is 12.3. The van der Waals surface area contributed by atoms with Crippen molar-refractivity contribution in [3.63, 3.8) is 0 Å². The Labute approximate surface area is 144 Å². The smallest absolute Gasteiger partial charge is 0.331 e. The third-order valence-electron chi connectivity index (χ3n) is 4.13. The van der Waals surface area contributed by atoms with E-state index in [1.165, 1.54) is 14.0 Å². The first kappa shape index (κ1) is 17.0. The van der Waals surface area contributed by atoms with Crippen molar-refractivity contribution in [3.05, 3.63) is 48.2 Å². The van der Waals surface area contributed by atoms with E-state index in [4.69, 9.17) is 9.15 Å². The Morgan fingerprint density at radius 2 is 1.96 bits per heavy atom. The van der Waals surface area contributed by atoms with E-state index in [-0.39, 0.29) is 13.0 Å². The number of benzene rings is 2. The highest BCUT2D eigenvalue weighted by molar-refractivity contribution is 6.06. The second kappa shape index (κ2) is 6.57. The number of hydrogen-bond donors (Lipinski definition) is 2. The summed E-state index contributed by atoms with van der Waals surface area (Å²) in [5.41, 5.74) is -0.788. The summed E-state index contributed by atoms with van der Waals surface area (Å²) in [5.74, 6) is -1.11. The average molecular weight is 341 g/mol. The van der Waals surface area contributed by atoms with Crippen molar-refractivity contribution in [1.82, 2.24) is 5.32 Å². The van der Waals surface area contributed by atoms with E-state index < -0.39 is 17.4 Å². The van der Waals surface area contributed by atoms with Crippen LogP contribution in [0.3, 0.4) is 0 Å². The van der Waals surface area contributed by atoms with Crippen molar-refractivity contribution in [2.75, 3.05) is 13.7 Å². The van der Waals surface area contributed by atoms with Crippen LogP contribution in [-0.2, 0) is 20.7 Å². The van der Waals surface area contributed by atoms with Crippen molar-refractivity contribution >= 4 is 33.6 Å². The molecule has 25 heavy (non-hydrogen) atoms. The number of rotatable bonds is 6. The fourth-order valence-electron chi connectivity index (χ4n) is 2.88. The zero-order valence-corrected chi connectivity index (χ0v) is 14.0. The normalized spacial score (nSPS) is 13.7. The summed E-state index contributed by atoms with van der Waals surface area (Å²) in [6.07, 6.45) is -0.0460. The van der Waals surface area contributed by atoms with Crippen LogP contribution in [0.5, 0.6) is 0 Å². The van der Waals surface area contributed by atoms with E-state index in [9.17, 15) is 14.7 Å². The highest BCUT2D eigenvalue weighted by Crippen LogP contribution is 2.28. The molecule has 0 fully saturated rings. The fraction of sp³-hybridized carbons (Fsp3) is 0.263. The molecule has 0 bridgehead atoms. The molecular weight excluding hydrogens is 322 g/mol. The number of carboxylic acid groups (broad SMARTS) is 1. The standard InChI is InChI=1S/C19H19NO5/c1-19(11-24-2,18(22)23)20-17(21)10-13-9-15-14-6-4-3-5-12(14)7-8-16(15)25-13/h3-9H,10-11H2,1-2H3,(H,20,21)(H,22,23). The van der Waals surface area contributed by atoms with Crippen molar-refractivity contribution in [1.29, 1.82) is 0 Å². The summed E-state index contributed by atoms with van der Waals surface area (Å²) in [5, 5.41) is 14.9. The molecular formula is C19H19NO5. The number of ether oxygens (including phenoxy) is 1. The van der Waals surface area contributed by atoms with Gasteiger partial charge in [0.05, 0.1) is 13.0 Å². The van der Waals surface area contributed by atoms with E-state index in [0.29, 0.717) is 11.3 Å². The number of methoxy groups -OCH3 is 1. The molecule has 0 radical (unpaired) electrons. The van der Waals surface area contributed by atoms with Gasteiger partial charge in [-0.1, -0.05) is 30.3 Å². The van der Waals surface area contributed by atoms with E-state index >= 15 is 0 Å². The summed E-state index contributed by atoms with van der Waals surface area (Å²) in [4.78, 5) is 23.6. The van der Waals surface area contributed by atoms with Crippen LogP contribution < -0.4 is 5.32 Å². The highest BCUT2D eigenvalue weighted by Gasteiger charge is 2.35. The molecule has 6 heteroatoms. The lowest BCUT2D eigenvalue weighted by molar-refractivity contribution is -0.149. The third kappa shape index (κ3) is 3.34. The van der Waals surface area contributed by atoms with E-state index in [1.54, 1.807) is 0 Å². The summed E-state index contributed by atoms with van der Waals surface area (Å²) >= 11 is 0. The van der Waals surface area contributed by atoms with Gasteiger partial charge in [-0.25, -0.2) is 4.79 Å². The van der Waals surface area contributed by atoms with Gasteiger partial charge in [0.25, 0.3) is 0 Å². The minimum atomic E-state index is -1.48. The van der Waals surface area contributed by atoms with Crippen LogP contribution in [0.25, 0.3) is 21.7 Å². The first-order chi connectivity index (χ1) is 11.9. The highest BCUT2D eigenvalue weighted by atomic mass is 16.5. The van der Waals surface area contributed by atoms with E-state index in [1.807, 2.05) is 42.5 Å².